The number of unbranched alkanes of at least 4 members (excludes halogenated alkanes) is 18. The molecule has 0 spiro atoms. The topological polar surface area (TPSA) is 125 Å². The predicted molar refractivity (Wildman–Crippen MR) is 216 cm³/mol. The highest BCUT2D eigenvalue weighted by Gasteiger charge is 2.19. The summed E-state index contributed by atoms with van der Waals surface area (Å²) in [6, 6.07) is 0. The second kappa shape index (κ2) is 36.0. The Kier molecular flexibility index (Phi) is 34.3. The van der Waals surface area contributed by atoms with Gasteiger partial charge in [0.25, 0.3) is 17.3 Å². The Morgan fingerprint density at radius 1 is 0.608 bits per heavy atom. The van der Waals surface area contributed by atoms with Gasteiger partial charge < -0.3 is 25.4 Å². The van der Waals surface area contributed by atoms with Gasteiger partial charge in [0.15, 0.2) is 0 Å². The third-order valence-electron chi connectivity index (χ3n) is 9.71. The molecule has 9 heteroatoms. The molecule has 1 unspecified atom stereocenters. The summed E-state index contributed by atoms with van der Waals surface area (Å²) in [6.07, 6.45) is 31.4. The Hall–Kier alpha value is -2.42. The van der Waals surface area contributed by atoms with E-state index in [0.29, 0.717) is 30.9 Å². The van der Waals surface area contributed by atoms with Crippen LogP contribution in [-0.4, -0.2) is 61.3 Å². The van der Waals surface area contributed by atoms with Crippen molar-refractivity contribution in [1.29, 1.82) is 0 Å². The largest absolute Gasteiger partial charge is 0.483 e. The van der Waals surface area contributed by atoms with Gasteiger partial charge in [0.2, 0.25) is 0 Å². The molecule has 0 aromatic heterocycles. The minimum absolute atomic E-state index is 0.00359. The van der Waals surface area contributed by atoms with Crippen LogP contribution < -0.4 is 21.5 Å². The molecule has 0 radical (unpaired) electrons. The number of esters is 1. The molecular weight excluding hydrogens is 642 g/mol. The number of nitrogens with one attached hydrogen (secondary N) is 2. The van der Waals surface area contributed by atoms with Crippen LogP contribution in [0.3, 0.4) is 0 Å². The number of hydrogen-bond donors (Lipinski definition) is 3. The summed E-state index contributed by atoms with van der Waals surface area (Å²) in [5, 5.41) is 13.1. The molecule has 3 N–H and O–H groups in total. The van der Waals surface area contributed by atoms with E-state index in [4.69, 9.17) is 14.6 Å². The molecule has 298 valence electrons. The first-order valence-corrected chi connectivity index (χ1v) is 21.2. The van der Waals surface area contributed by atoms with Crippen molar-refractivity contribution in [1.82, 2.24) is 4.90 Å². The second-order valence-corrected chi connectivity index (χ2v) is 14.3. The van der Waals surface area contributed by atoms with Gasteiger partial charge in [-0.25, -0.2) is 0 Å². The average Bonchev–Trinajstić information content (AvgIpc) is 3.12. The van der Waals surface area contributed by atoms with Gasteiger partial charge in [0.05, 0.1) is 0 Å². The van der Waals surface area contributed by atoms with Crippen LogP contribution in [-0.2, 0) is 14.3 Å². The maximum Gasteiger partial charge on any atom is 0.306 e. The Morgan fingerprint density at radius 3 is 1.53 bits per heavy atom. The Bertz CT molecular complexity index is 1010. The van der Waals surface area contributed by atoms with E-state index in [0.717, 1.165) is 77.4 Å². The average molecular weight is 722 g/mol. The molecule has 1 aromatic carbocycles. The van der Waals surface area contributed by atoms with Crippen LogP contribution in [0.2, 0.25) is 0 Å². The summed E-state index contributed by atoms with van der Waals surface area (Å²) in [6.45, 7) is 12.9. The molecule has 0 aliphatic carbocycles. The second-order valence-electron chi connectivity index (χ2n) is 14.3. The van der Waals surface area contributed by atoms with Crippen LogP contribution in [0.1, 0.15) is 195 Å². The number of carboxylic acid groups (broad SMARTS) is 1. The fourth-order valence-corrected chi connectivity index (χ4v) is 6.63. The summed E-state index contributed by atoms with van der Waals surface area (Å²) >= 11 is 0. The SMILES string of the molecule is CCCCCCCCCCCCCCN(CCCCCCCC(=O)OC(CCCC)CCCCC)CCCNc1c(NCC)c(=O)c1=O.O=CO. The summed E-state index contributed by atoms with van der Waals surface area (Å²) in [4.78, 5) is 47.2. The van der Waals surface area contributed by atoms with Gasteiger partial charge in [-0.05, 0) is 71.5 Å². The van der Waals surface area contributed by atoms with Crippen LogP contribution >= 0.6 is 0 Å². The van der Waals surface area contributed by atoms with Crippen molar-refractivity contribution in [2.45, 2.75) is 201 Å². The van der Waals surface area contributed by atoms with Gasteiger partial charge in [-0.15, -0.1) is 0 Å². The number of hydrogen-bond acceptors (Lipinski definition) is 8. The number of rotatable bonds is 36. The van der Waals surface area contributed by atoms with Crippen LogP contribution in [0.15, 0.2) is 9.59 Å². The summed E-state index contributed by atoms with van der Waals surface area (Å²) < 4.78 is 5.86. The van der Waals surface area contributed by atoms with E-state index in [1.165, 1.54) is 103 Å². The standard InChI is InChI=1S/C41H77N3O4.CH2O2/c1-5-9-12-13-14-15-16-17-18-19-22-26-33-44(35-28-32-43-39-38(42-8-4)40(46)41(39)47)34-27-23-20-21-25-31-37(45)48-36(29-11-7-3)30-24-10-6-2;2-1-3/h36,42-43H,5-35H2,1-4H3;1H,(H,2,3). The summed E-state index contributed by atoms with van der Waals surface area (Å²) in [5.74, 6) is -0.00359. The molecule has 1 atom stereocenters. The van der Waals surface area contributed by atoms with E-state index in [-0.39, 0.29) is 18.5 Å². The number of ether oxygens (including phenoxy) is 1. The first kappa shape index (κ1) is 48.6. The highest BCUT2D eigenvalue weighted by Crippen LogP contribution is 2.17. The first-order chi connectivity index (χ1) is 24.9. The summed E-state index contributed by atoms with van der Waals surface area (Å²) in [7, 11) is 0. The lowest BCUT2D eigenvalue weighted by atomic mass is 10.0. The third kappa shape index (κ3) is 26.9. The van der Waals surface area contributed by atoms with E-state index in [1.807, 2.05) is 6.92 Å². The molecule has 0 amide bonds. The molecule has 0 aliphatic rings. The Labute approximate surface area is 312 Å². The van der Waals surface area contributed by atoms with Crippen LogP contribution in [0.4, 0.5) is 11.4 Å². The van der Waals surface area contributed by atoms with E-state index < -0.39 is 10.9 Å². The first-order valence-electron chi connectivity index (χ1n) is 21.2. The lowest BCUT2D eigenvalue weighted by Gasteiger charge is -2.23. The number of anilines is 2. The number of carbonyl (C=O) groups is 2. The minimum atomic E-state index is -0.400. The molecule has 0 saturated carbocycles. The molecule has 0 bridgehead atoms. The predicted octanol–water partition coefficient (Wildman–Crippen LogP) is 10.2. The van der Waals surface area contributed by atoms with Crippen molar-refractivity contribution in [3.8, 4) is 0 Å². The molecule has 0 fully saturated rings. The zero-order valence-corrected chi connectivity index (χ0v) is 33.5. The highest BCUT2D eigenvalue weighted by atomic mass is 16.5. The van der Waals surface area contributed by atoms with Crippen molar-refractivity contribution < 1.29 is 19.4 Å². The van der Waals surface area contributed by atoms with E-state index in [1.54, 1.807) is 0 Å². The quantitative estimate of drug-likeness (QED) is 0.0269. The normalized spacial score (nSPS) is 11.7. The smallest absolute Gasteiger partial charge is 0.306 e. The summed E-state index contributed by atoms with van der Waals surface area (Å²) in [5.41, 5.74) is 0.123. The lowest BCUT2D eigenvalue weighted by molar-refractivity contribution is -0.150. The highest BCUT2D eigenvalue weighted by molar-refractivity contribution is 5.73. The van der Waals surface area contributed by atoms with Crippen molar-refractivity contribution >= 4 is 23.8 Å². The third-order valence-corrected chi connectivity index (χ3v) is 9.71. The molecular formula is C42H79N3O6. The van der Waals surface area contributed by atoms with Crippen LogP contribution in [0.5, 0.6) is 0 Å². The Morgan fingerprint density at radius 2 is 1.02 bits per heavy atom. The Balaban J connectivity index is 0.00000802. The van der Waals surface area contributed by atoms with Gasteiger partial charge in [-0.3, -0.25) is 19.2 Å². The van der Waals surface area contributed by atoms with Crippen LogP contribution in [0, 0.1) is 0 Å². The molecule has 1 rings (SSSR count). The van der Waals surface area contributed by atoms with Crippen LogP contribution in [0.25, 0.3) is 0 Å². The van der Waals surface area contributed by atoms with Crippen molar-refractivity contribution in [2.24, 2.45) is 0 Å². The van der Waals surface area contributed by atoms with Gasteiger partial charge in [0.1, 0.15) is 17.5 Å². The van der Waals surface area contributed by atoms with Crippen molar-refractivity contribution in [3.05, 3.63) is 20.4 Å². The van der Waals surface area contributed by atoms with Gasteiger partial charge in [-0.1, -0.05) is 136 Å². The van der Waals surface area contributed by atoms with Gasteiger partial charge in [0, 0.05) is 19.5 Å². The monoisotopic (exact) mass is 722 g/mol. The fraction of sp³-hybridized carbons (Fsp3) is 0.857. The maximum atomic E-state index is 12.5. The molecule has 1 aromatic rings. The molecule has 0 aliphatic heterocycles. The minimum Gasteiger partial charge on any atom is -0.483 e. The van der Waals surface area contributed by atoms with E-state index in [9.17, 15) is 14.4 Å². The van der Waals surface area contributed by atoms with E-state index in [2.05, 4.69) is 36.3 Å². The molecule has 0 saturated heterocycles. The van der Waals surface area contributed by atoms with Crippen molar-refractivity contribution in [2.75, 3.05) is 43.4 Å². The number of nitrogens with zero attached hydrogens (tertiary/aromatic N) is 1. The fourth-order valence-electron chi connectivity index (χ4n) is 6.63. The molecule has 9 nitrogen and oxygen atoms in total. The molecule has 51 heavy (non-hydrogen) atoms. The van der Waals surface area contributed by atoms with Gasteiger partial charge in [-0.2, -0.15) is 0 Å². The molecule has 0 heterocycles. The lowest BCUT2D eigenvalue weighted by Crippen LogP contribution is -2.38. The zero-order chi connectivity index (χ0) is 37.8. The maximum absolute atomic E-state index is 12.5. The van der Waals surface area contributed by atoms with Crippen molar-refractivity contribution in [3.63, 3.8) is 0 Å². The number of carbonyl (C=O) groups excluding carboxylic acids is 1. The van der Waals surface area contributed by atoms with E-state index >= 15 is 0 Å². The van der Waals surface area contributed by atoms with Gasteiger partial charge >= 0.3 is 5.97 Å². The zero-order valence-electron chi connectivity index (χ0n) is 33.5.